The summed E-state index contributed by atoms with van der Waals surface area (Å²) in [7, 11) is 2.08. The molecule has 9 heteroatoms. The first kappa shape index (κ1) is 18.3. The van der Waals surface area contributed by atoms with Crippen LogP contribution in [-0.2, 0) is 0 Å². The molecule has 28 heavy (non-hydrogen) atoms. The van der Waals surface area contributed by atoms with Crippen LogP contribution < -0.4 is 10.2 Å². The molecule has 3 heterocycles. The van der Waals surface area contributed by atoms with Crippen molar-refractivity contribution in [2.24, 2.45) is 11.8 Å². The number of allylic oxidation sites excluding steroid dienone is 1. The zero-order valence-corrected chi connectivity index (χ0v) is 16.0. The van der Waals surface area contributed by atoms with E-state index in [9.17, 15) is 9.90 Å². The first-order chi connectivity index (χ1) is 13.4. The number of fused-ring (bicyclic) bond motifs is 2. The fourth-order valence-corrected chi connectivity index (χ4v) is 4.49. The van der Waals surface area contributed by atoms with Crippen molar-refractivity contribution in [3.05, 3.63) is 30.5 Å². The van der Waals surface area contributed by atoms with E-state index in [-0.39, 0.29) is 17.6 Å². The Morgan fingerprint density at radius 1 is 1.39 bits per heavy atom. The molecule has 1 saturated heterocycles. The van der Waals surface area contributed by atoms with Crippen LogP contribution in [0.15, 0.2) is 30.5 Å². The number of nitrogens with one attached hydrogen (secondary N) is 3. The van der Waals surface area contributed by atoms with Gasteiger partial charge in [0.15, 0.2) is 5.88 Å². The molecule has 1 saturated carbocycles. The molecule has 0 radical (unpaired) electrons. The van der Waals surface area contributed by atoms with Crippen molar-refractivity contribution >= 4 is 28.6 Å². The van der Waals surface area contributed by atoms with Crippen molar-refractivity contribution < 1.29 is 9.90 Å². The maximum Gasteiger partial charge on any atom is 0.324 e. The van der Waals surface area contributed by atoms with E-state index in [0.29, 0.717) is 31.0 Å². The predicted octanol–water partition coefficient (Wildman–Crippen LogP) is 2.25. The first-order valence-corrected chi connectivity index (χ1v) is 9.45. The number of likely N-dealkylation sites (tertiary alicyclic amines) is 1. The summed E-state index contributed by atoms with van der Waals surface area (Å²) < 4.78 is 0. The summed E-state index contributed by atoms with van der Waals surface area (Å²) in [6.07, 6.45) is 6.69. The Morgan fingerprint density at radius 3 is 2.79 bits per heavy atom. The van der Waals surface area contributed by atoms with E-state index in [1.54, 1.807) is 11.2 Å². The molecule has 2 aromatic heterocycles. The highest BCUT2D eigenvalue weighted by molar-refractivity contribution is 5.91. The predicted molar refractivity (Wildman–Crippen MR) is 107 cm³/mol. The second-order valence-electron chi connectivity index (χ2n) is 7.74. The average Bonchev–Trinajstić information content (AvgIpc) is 3.33. The van der Waals surface area contributed by atoms with Gasteiger partial charge in [0.25, 0.3) is 0 Å². The van der Waals surface area contributed by atoms with Gasteiger partial charge in [-0.3, -0.25) is 5.32 Å². The van der Waals surface area contributed by atoms with E-state index in [0.717, 1.165) is 29.7 Å². The van der Waals surface area contributed by atoms with Crippen LogP contribution in [0.3, 0.4) is 0 Å². The number of anilines is 1. The number of H-pyrrole nitrogens is 1. The highest BCUT2D eigenvalue weighted by Crippen LogP contribution is 2.41. The van der Waals surface area contributed by atoms with Gasteiger partial charge in [-0.05, 0) is 37.7 Å². The van der Waals surface area contributed by atoms with Crippen molar-refractivity contribution in [3.63, 3.8) is 0 Å². The van der Waals surface area contributed by atoms with Crippen molar-refractivity contribution in [3.8, 4) is 0 Å². The zero-order chi connectivity index (χ0) is 19.8. The monoisotopic (exact) mass is 383 g/mol. The Labute approximate surface area is 163 Å². The molecule has 2 amide bonds. The largest absolute Gasteiger partial charge is 0.494 e. The van der Waals surface area contributed by atoms with Gasteiger partial charge in [-0.1, -0.05) is 0 Å². The summed E-state index contributed by atoms with van der Waals surface area (Å²) in [5, 5.41) is 20.5. The average molecular weight is 383 g/mol. The highest BCUT2D eigenvalue weighted by atomic mass is 16.3. The van der Waals surface area contributed by atoms with Gasteiger partial charge in [0.1, 0.15) is 17.8 Å². The SMILES string of the molecule is CC(=N)/C=C(\O)NC(=O)N1C[C@H]2C[C@H](N(C)c3ncnc4[nH]ccc34)C[C@H]2C1. The second kappa shape index (κ2) is 7.14. The number of urea groups is 1. The number of nitrogens with zero attached hydrogens (tertiary/aromatic N) is 4. The van der Waals surface area contributed by atoms with Crippen molar-refractivity contribution in [2.45, 2.75) is 25.8 Å². The van der Waals surface area contributed by atoms with Crippen LogP contribution in [-0.4, -0.2) is 62.9 Å². The zero-order valence-electron chi connectivity index (χ0n) is 16.0. The highest BCUT2D eigenvalue weighted by Gasteiger charge is 2.44. The smallest absolute Gasteiger partial charge is 0.324 e. The molecule has 0 bridgehead atoms. The molecule has 4 rings (SSSR count). The summed E-state index contributed by atoms with van der Waals surface area (Å²) in [5.41, 5.74) is 1.02. The molecule has 2 aromatic rings. The number of carbonyl (C=O) groups excluding carboxylic acids is 1. The minimum atomic E-state index is -0.306. The molecule has 3 atom stereocenters. The Kier molecular flexibility index (Phi) is 4.66. The lowest BCUT2D eigenvalue weighted by molar-refractivity contribution is 0.201. The molecule has 0 aromatic carbocycles. The van der Waals surface area contributed by atoms with E-state index < -0.39 is 0 Å². The Hall–Kier alpha value is -3.10. The van der Waals surface area contributed by atoms with Crippen LogP contribution in [0.4, 0.5) is 10.6 Å². The molecule has 1 aliphatic heterocycles. The normalized spacial score (nSPS) is 24.4. The maximum absolute atomic E-state index is 12.3. The molecular weight excluding hydrogens is 358 g/mol. The number of amides is 2. The standard InChI is InChI=1S/C19H25N7O2/c1-11(20)5-16(27)24-19(28)26-8-12-6-14(7-13(12)9-26)25(2)18-15-3-4-21-17(15)22-10-23-18/h3-5,10,12-14,20,27H,6-9H2,1-2H3,(H,24,28)(H,21,22,23)/b16-5-,20-11?/t12-,13+,14+. The van der Waals surface area contributed by atoms with E-state index in [1.165, 1.54) is 13.0 Å². The van der Waals surface area contributed by atoms with E-state index >= 15 is 0 Å². The molecule has 148 valence electrons. The Bertz CT molecular complexity index is 923. The van der Waals surface area contributed by atoms with Gasteiger partial charge in [-0.2, -0.15) is 0 Å². The summed E-state index contributed by atoms with van der Waals surface area (Å²) in [6.45, 7) is 2.90. The van der Waals surface area contributed by atoms with Gasteiger partial charge in [0, 0.05) is 44.2 Å². The molecule has 2 fully saturated rings. The lowest BCUT2D eigenvalue weighted by atomic mass is 10.0. The number of aromatic amines is 1. The number of hydrogen-bond donors (Lipinski definition) is 4. The van der Waals surface area contributed by atoms with Crippen molar-refractivity contribution in [1.29, 1.82) is 5.41 Å². The third-order valence-corrected chi connectivity index (χ3v) is 5.82. The summed E-state index contributed by atoms with van der Waals surface area (Å²) >= 11 is 0. The molecule has 4 N–H and O–H groups in total. The number of aliphatic hydroxyl groups excluding tert-OH is 1. The maximum atomic E-state index is 12.3. The summed E-state index contributed by atoms with van der Waals surface area (Å²) in [5.74, 6) is 1.53. The number of hydrogen-bond acceptors (Lipinski definition) is 6. The van der Waals surface area contributed by atoms with Crippen LogP contribution in [0, 0.1) is 17.2 Å². The van der Waals surface area contributed by atoms with Gasteiger partial charge in [0.05, 0.1) is 5.39 Å². The summed E-state index contributed by atoms with van der Waals surface area (Å²) in [6, 6.07) is 2.07. The van der Waals surface area contributed by atoms with Gasteiger partial charge in [0.2, 0.25) is 0 Å². The van der Waals surface area contributed by atoms with Gasteiger partial charge < -0.3 is 25.3 Å². The Balaban J connectivity index is 1.38. The van der Waals surface area contributed by atoms with Crippen molar-refractivity contribution in [2.75, 3.05) is 25.0 Å². The molecule has 0 spiro atoms. The third kappa shape index (κ3) is 3.39. The van der Waals surface area contributed by atoms with E-state index in [1.807, 2.05) is 12.3 Å². The molecule has 0 unspecified atom stereocenters. The van der Waals surface area contributed by atoms with Crippen LogP contribution >= 0.6 is 0 Å². The molecule has 2 aliphatic rings. The van der Waals surface area contributed by atoms with Gasteiger partial charge >= 0.3 is 6.03 Å². The van der Waals surface area contributed by atoms with Gasteiger partial charge in [-0.15, -0.1) is 0 Å². The fraction of sp³-hybridized carbons (Fsp3) is 0.474. The van der Waals surface area contributed by atoms with Crippen molar-refractivity contribution in [1.82, 2.24) is 25.2 Å². The molecule has 9 nitrogen and oxygen atoms in total. The number of aliphatic hydroxyl groups is 1. The van der Waals surface area contributed by atoms with E-state index in [2.05, 4.69) is 32.2 Å². The number of aromatic nitrogens is 3. The molecular formula is C19H25N7O2. The van der Waals surface area contributed by atoms with Gasteiger partial charge in [-0.25, -0.2) is 14.8 Å². The second-order valence-corrected chi connectivity index (χ2v) is 7.74. The lowest BCUT2D eigenvalue weighted by Crippen LogP contribution is -2.40. The first-order valence-electron chi connectivity index (χ1n) is 9.45. The third-order valence-electron chi connectivity index (χ3n) is 5.82. The van der Waals surface area contributed by atoms with Crippen LogP contribution in [0.2, 0.25) is 0 Å². The minimum absolute atomic E-state index is 0.184. The van der Waals surface area contributed by atoms with Crippen LogP contribution in [0.1, 0.15) is 19.8 Å². The van der Waals surface area contributed by atoms with E-state index in [4.69, 9.17) is 5.41 Å². The quantitative estimate of drug-likeness (QED) is 0.477. The summed E-state index contributed by atoms with van der Waals surface area (Å²) in [4.78, 5) is 28.2. The minimum Gasteiger partial charge on any atom is -0.494 e. The molecule has 1 aliphatic carbocycles. The number of carbonyl (C=O) groups is 1. The van der Waals surface area contributed by atoms with Crippen LogP contribution in [0.25, 0.3) is 11.0 Å². The lowest BCUT2D eigenvalue weighted by Gasteiger charge is -2.28. The number of rotatable bonds is 4. The Morgan fingerprint density at radius 2 is 2.11 bits per heavy atom. The topological polar surface area (TPSA) is 121 Å². The van der Waals surface area contributed by atoms with Crippen LogP contribution in [0.5, 0.6) is 0 Å². The fourth-order valence-electron chi connectivity index (χ4n) is 4.49.